The molecule has 0 radical (unpaired) electrons. The zero-order valence-corrected chi connectivity index (χ0v) is 14.2. The number of anilines is 1. The van der Waals surface area contributed by atoms with E-state index in [1.165, 1.54) is 11.3 Å². The molecule has 5 nitrogen and oxygen atoms in total. The second-order valence-corrected chi connectivity index (χ2v) is 7.18. The summed E-state index contributed by atoms with van der Waals surface area (Å²) in [4.78, 5) is 0. The molecule has 0 aliphatic carbocycles. The fourth-order valence-electron chi connectivity index (χ4n) is 1.71. The third kappa shape index (κ3) is 3.50. The summed E-state index contributed by atoms with van der Waals surface area (Å²) in [6.45, 7) is 4.63. The fraction of sp³-hybridized carbons (Fsp3) is 0.231. The van der Waals surface area contributed by atoms with Crippen LogP contribution in [0, 0.1) is 0 Å². The minimum absolute atomic E-state index is 0.285. The summed E-state index contributed by atoms with van der Waals surface area (Å²) >= 11 is 6.73. The van der Waals surface area contributed by atoms with E-state index in [-0.39, 0.29) is 6.79 Å². The Kier molecular flexibility index (Phi) is 4.67. The van der Waals surface area contributed by atoms with Crippen LogP contribution < -0.4 is 14.8 Å². The molecule has 1 aromatic carbocycles. The lowest BCUT2D eigenvalue weighted by molar-refractivity contribution is 0.174. The van der Waals surface area contributed by atoms with Crippen molar-refractivity contribution in [2.24, 2.45) is 0 Å². The van der Waals surface area contributed by atoms with Gasteiger partial charge >= 0.3 is 0 Å². The van der Waals surface area contributed by atoms with Crippen LogP contribution in [-0.4, -0.2) is 23.5 Å². The lowest BCUT2D eigenvalue weighted by atomic mass is 10.2. The Morgan fingerprint density at radius 3 is 3.00 bits per heavy atom. The third-order valence-electron chi connectivity index (χ3n) is 2.70. The van der Waals surface area contributed by atoms with Gasteiger partial charge < -0.3 is 14.8 Å². The molecule has 2 heterocycles. The summed E-state index contributed by atoms with van der Waals surface area (Å²) in [5.41, 5.74) is 1.14. The molecule has 0 bridgehead atoms. The maximum absolute atomic E-state index is 5.40. The third-order valence-corrected chi connectivity index (χ3v) is 5.50. The van der Waals surface area contributed by atoms with Gasteiger partial charge in [-0.2, -0.15) is 0 Å². The molecule has 0 saturated carbocycles. The van der Waals surface area contributed by atoms with E-state index < -0.39 is 0 Å². The number of nitrogens with zero attached hydrogens (tertiary/aromatic N) is 2. The van der Waals surface area contributed by atoms with Gasteiger partial charge in [-0.1, -0.05) is 45.1 Å². The molecule has 110 valence electrons. The molecule has 1 aromatic heterocycles. The van der Waals surface area contributed by atoms with Gasteiger partial charge in [0.1, 0.15) is 0 Å². The highest BCUT2D eigenvalue weighted by atomic mass is 79.9. The van der Waals surface area contributed by atoms with Gasteiger partial charge in [0, 0.05) is 16.8 Å². The van der Waals surface area contributed by atoms with Gasteiger partial charge in [-0.05, 0) is 17.7 Å². The highest BCUT2D eigenvalue weighted by molar-refractivity contribution is 9.10. The van der Waals surface area contributed by atoms with Crippen LogP contribution in [0.25, 0.3) is 0 Å². The maximum Gasteiger partial charge on any atom is 0.231 e. The van der Waals surface area contributed by atoms with E-state index in [1.807, 2.05) is 12.1 Å². The van der Waals surface area contributed by atoms with Crippen molar-refractivity contribution in [2.75, 3.05) is 18.7 Å². The van der Waals surface area contributed by atoms with Gasteiger partial charge in [0.05, 0.1) is 0 Å². The number of rotatable bonds is 6. The topological polar surface area (TPSA) is 56.3 Å². The number of benzene rings is 1. The predicted octanol–water partition coefficient (Wildman–Crippen LogP) is 3.92. The van der Waals surface area contributed by atoms with E-state index in [0.717, 1.165) is 36.8 Å². The van der Waals surface area contributed by atoms with Crippen molar-refractivity contribution in [1.82, 2.24) is 10.2 Å². The highest BCUT2D eigenvalue weighted by Crippen LogP contribution is 2.39. The van der Waals surface area contributed by atoms with Gasteiger partial charge in [-0.25, -0.2) is 0 Å². The first-order valence-corrected chi connectivity index (χ1v) is 8.75. The molecule has 2 aromatic rings. The molecular weight excluding hydrogens is 374 g/mol. The number of thioether (sulfide) groups is 1. The minimum atomic E-state index is 0.285. The van der Waals surface area contributed by atoms with Crippen molar-refractivity contribution in [2.45, 2.75) is 10.1 Å². The Balaban J connectivity index is 1.65. The monoisotopic (exact) mass is 385 g/mol. The van der Waals surface area contributed by atoms with Crippen LogP contribution >= 0.6 is 39.0 Å². The zero-order valence-electron chi connectivity index (χ0n) is 11.0. The molecule has 0 fully saturated rings. The Labute approximate surface area is 138 Å². The zero-order chi connectivity index (χ0) is 14.7. The Morgan fingerprint density at radius 1 is 1.38 bits per heavy atom. The molecule has 0 saturated heterocycles. The Hall–Kier alpha value is -1.25. The summed E-state index contributed by atoms with van der Waals surface area (Å²) < 4.78 is 12.7. The number of halogens is 1. The summed E-state index contributed by atoms with van der Waals surface area (Å²) in [7, 11) is 0. The lowest BCUT2D eigenvalue weighted by Gasteiger charge is -2.04. The van der Waals surface area contributed by atoms with Crippen molar-refractivity contribution in [3.05, 3.63) is 34.8 Å². The highest BCUT2D eigenvalue weighted by Gasteiger charge is 2.16. The quantitative estimate of drug-likeness (QED) is 0.600. The molecule has 0 atom stereocenters. The van der Waals surface area contributed by atoms with Crippen molar-refractivity contribution < 1.29 is 9.47 Å². The van der Waals surface area contributed by atoms with Crippen LogP contribution in [0.4, 0.5) is 5.13 Å². The average Bonchev–Trinajstić information content (AvgIpc) is 3.11. The normalized spacial score (nSPS) is 12.4. The van der Waals surface area contributed by atoms with E-state index in [4.69, 9.17) is 9.47 Å². The van der Waals surface area contributed by atoms with Crippen molar-refractivity contribution in [3.63, 3.8) is 0 Å². The van der Waals surface area contributed by atoms with Gasteiger partial charge in [0.15, 0.2) is 15.8 Å². The van der Waals surface area contributed by atoms with Crippen molar-refractivity contribution in [3.8, 4) is 11.5 Å². The van der Waals surface area contributed by atoms with Crippen molar-refractivity contribution >= 4 is 44.2 Å². The molecule has 0 spiro atoms. The maximum atomic E-state index is 5.40. The molecule has 8 heteroatoms. The van der Waals surface area contributed by atoms with Crippen LogP contribution in [0.1, 0.15) is 5.56 Å². The molecule has 1 aliphatic heterocycles. The smallest absolute Gasteiger partial charge is 0.231 e. The van der Waals surface area contributed by atoms with Crippen LogP contribution in [0.3, 0.4) is 0 Å². The van der Waals surface area contributed by atoms with Crippen LogP contribution in [0.5, 0.6) is 11.5 Å². The van der Waals surface area contributed by atoms with Gasteiger partial charge in [-0.3, -0.25) is 0 Å². The SMILES string of the molecule is C=CCNc1nnc(SCc2cc3c(cc2Br)OCO3)s1. The molecule has 0 amide bonds. The van der Waals surface area contributed by atoms with Gasteiger partial charge in [0.2, 0.25) is 11.9 Å². The average molecular weight is 386 g/mol. The largest absolute Gasteiger partial charge is 0.454 e. The first-order chi connectivity index (χ1) is 10.3. The van der Waals surface area contributed by atoms with Crippen LogP contribution in [-0.2, 0) is 5.75 Å². The molecule has 1 aliphatic rings. The Bertz CT molecular complexity index is 663. The predicted molar refractivity (Wildman–Crippen MR) is 88.4 cm³/mol. The molecule has 21 heavy (non-hydrogen) atoms. The number of nitrogens with one attached hydrogen (secondary N) is 1. The van der Waals surface area contributed by atoms with E-state index in [2.05, 4.69) is 38.0 Å². The van der Waals surface area contributed by atoms with E-state index >= 15 is 0 Å². The van der Waals surface area contributed by atoms with E-state index in [9.17, 15) is 0 Å². The molecular formula is C13H12BrN3O2S2. The Morgan fingerprint density at radius 2 is 2.19 bits per heavy atom. The minimum Gasteiger partial charge on any atom is -0.454 e. The lowest BCUT2D eigenvalue weighted by Crippen LogP contribution is -1.96. The molecule has 3 rings (SSSR count). The fourth-order valence-corrected chi connectivity index (χ4v) is 4.11. The van der Waals surface area contributed by atoms with Gasteiger partial charge in [-0.15, -0.1) is 16.8 Å². The summed E-state index contributed by atoms with van der Waals surface area (Å²) in [6.07, 6.45) is 1.79. The second-order valence-electron chi connectivity index (χ2n) is 4.13. The number of aromatic nitrogens is 2. The number of hydrogen-bond acceptors (Lipinski definition) is 7. The number of hydrogen-bond donors (Lipinski definition) is 1. The number of fused-ring (bicyclic) bond motifs is 1. The van der Waals surface area contributed by atoms with Crippen LogP contribution in [0.15, 0.2) is 33.6 Å². The molecule has 0 unspecified atom stereocenters. The summed E-state index contributed by atoms with van der Waals surface area (Å²) in [5, 5.41) is 12.2. The number of ether oxygens (including phenoxy) is 2. The first kappa shape index (κ1) is 14.7. The van der Waals surface area contributed by atoms with Gasteiger partial charge in [0.25, 0.3) is 0 Å². The summed E-state index contributed by atoms with van der Waals surface area (Å²) in [5.74, 6) is 2.36. The van der Waals surface area contributed by atoms with E-state index in [1.54, 1.807) is 17.8 Å². The van der Waals surface area contributed by atoms with Crippen LogP contribution in [0.2, 0.25) is 0 Å². The van der Waals surface area contributed by atoms with E-state index in [0.29, 0.717) is 6.54 Å². The molecule has 1 N–H and O–H groups in total. The first-order valence-electron chi connectivity index (χ1n) is 6.15. The standard InChI is InChI=1S/C13H12BrN3O2S2/c1-2-3-15-12-16-17-13(21-12)20-6-8-4-10-11(5-9(8)14)19-7-18-10/h2,4-5H,1,3,6-7H2,(H,15,16). The second kappa shape index (κ2) is 6.67. The van der Waals surface area contributed by atoms with Crippen molar-refractivity contribution in [1.29, 1.82) is 0 Å². The summed E-state index contributed by atoms with van der Waals surface area (Å²) in [6, 6.07) is 3.94.